The summed E-state index contributed by atoms with van der Waals surface area (Å²) in [5.74, 6) is 0.443. The second kappa shape index (κ2) is 7.99. The smallest absolute Gasteiger partial charge is 0.259 e. The van der Waals surface area contributed by atoms with Crippen molar-refractivity contribution in [2.75, 3.05) is 28.6 Å². The third-order valence-corrected chi connectivity index (χ3v) is 4.37. The molecule has 0 bridgehead atoms. The summed E-state index contributed by atoms with van der Waals surface area (Å²) >= 11 is 0. The molecule has 1 aliphatic rings. The number of amides is 2. The normalized spacial score (nSPS) is 13.7. The van der Waals surface area contributed by atoms with E-state index in [-0.39, 0.29) is 17.7 Å². The number of hydrogen-bond donors (Lipinski definition) is 2. The maximum Gasteiger partial charge on any atom is 0.259 e. The molecule has 0 spiro atoms. The van der Waals surface area contributed by atoms with Gasteiger partial charge in [-0.3, -0.25) is 9.59 Å². The Labute approximate surface area is 153 Å². The van der Waals surface area contributed by atoms with Crippen LogP contribution < -0.4 is 15.5 Å². The second-order valence-corrected chi connectivity index (χ2v) is 6.74. The number of pyridine rings is 1. The Kier molecular flexibility index (Phi) is 5.51. The van der Waals surface area contributed by atoms with E-state index in [1.165, 1.54) is 0 Å². The molecule has 0 radical (unpaired) electrons. The molecule has 1 aromatic carbocycles. The van der Waals surface area contributed by atoms with Crippen LogP contribution in [0.5, 0.6) is 0 Å². The number of rotatable bonds is 5. The zero-order valence-corrected chi connectivity index (χ0v) is 15.2. The van der Waals surface area contributed by atoms with E-state index in [1.807, 2.05) is 13.8 Å². The molecule has 2 amide bonds. The maximum absolute atomic E-state index is 12.7. The van der Waals surface area contributed by atoms with Crippen LogP contribution >= 0.6 is 0 Å². The first kappa shape index (κ1) is 17.9. The molecule has 1 fully saturated rings. The highest BCUT2D eigenvalue weighted by atomic mass is 16.2. The van der Waals surface area contributed by atoms with Crippen molar-refractivity contribution in [3.63, 3.8) is 0 Å². The van der Waals surface area contributed by atoms with Crippen LogP contribution in [0.4, 0.5) is 17.2 Å². The molecule has 1 saturated heterocycles. The topological polar surface area (TPSA) is 74.3 Å². The number of nitrogens with one attached hydrogen (secondary N) is 2. The number of benzene rings is 1. The summed E-state index contributed by atoms with van der Waals surface area (Å²) in [6.45, 7) is 5.55. The van der Waals surface area contributed by atoms with Gasteiger partial charge in [0.05, 0.1) is 5.56 Å². The summed E-state index contributed by atoms with van der Waals surface area (Å²) in [4.78, 5) is 31.0. The molecule has 3 rings (SSSR count). The number of carbonyl (C=O) groups excluding carboxylic acids is 2. The van der Waals surface area contributed by atoms with E-state index in [9.17, 15) is 9.59 Å². The lowest BCUT2D eigenvalue weighted by Crippen LogP contribution is -2.24. The molecule has 2 heterocycles. The summed E-state index contributed by atoms with van der Waals surface area (Å²) in [6.07, 6.45) is 3.97. The van der Waals surface area contributed by atoms with Crippen molar-refractivity contribution >= 4 is 29.0 Å². The van der Waals surface area contributed by atoms with Gasteiger partial charge in [-0.1, -0.05) is 13.8 Å². The van der Waals surface area contributed by atoms with Gasteiger partial charge in [-0.2, -0.15) is 0 Å². The van der Waals surface area contributed by atoms with E-state index < -0.39 is 0 Å². The molecule has 1 aliphatic heterocycles. The highest BCUT2D eigenvalue weighted by molar-refractivity contribution is 6.07. The second-order valence-electron chi connectivity index (χ2n) is 6.74. The molecule has 2 N–H and O–H groups in total. The summed E-state index contributed by atoms with van der Waals surface area (Å²) < 4.78 is 0. The third kappa shape index (κ3) is 4.20. The van der Waals surface area contributed by atoms with Gasteiger partial charge in [-0.15, -0.1) is 0 Å². The van der Waals surface area contributed by atoms with E-state index in [2.05, 4.69) is 20.5 Å². The number of hydrogen-bond acceptors (Lipinski definition) is 4. The fourth-order valence-corrected chi connectivity index (χ4v) is 2.88. The molecular formula is C20H24N4O2. The van der Waals surface area contributed by atoms with Crippen LogP contribution in [0.15, 0.2) is 42.6 Å². The predicted molar refractivity (Wildman–Crippen MR) is 104 cm³/mol. The Balaban J connectivity index is 1.69. The molecule has 6 nitrogen and oxygen atoms in total. The Morgan fingerprint density at radius 1 is 1.00 bits per heavy atom. The van der Waals surface area contributed by atoms with Gasteiger partial charge >= 0.3 is 0 Å². The average Bonchev–Trinajstić information content (AvgIpc) is 3.17. The van der Waals surface area contributed by atoms with E-state index in [0.29, 0.717) is 16.9 Å². The Morgan fingerprint density at radius 2 is 1.62 bits per heavy atom. The first-order chi connectivity index (χ1) is 12.5. The number of anilines is 3. The monoisotopic (exact) mass is 352 g/mol. The SMILES string of the molecule is CC(C)C(=O)Nc1ccc(NC(=O)c2cccnc2N2CCCC2)cc1. The van der Waals surface area contributed by atoms with Crippen molar-refractivity contribution in [1.29, 1.82) is 0 Å². The van der Waals surface area contributed by atoms with Crippen LogP contribution in [0, 0.1) is 5.92 Å². The van der Waals surface area contributed by atoms with Crippen molar-refractivity contribution in [1.82, 2.24) is 4.98 Å². The largest absolute Gasteiger partial charge is 0.356 e. The lowest BCUT2D eigenvalue weighted by atomic mass is 10.2. The van der Waals surface area contributed by atoms with Gasteiger partial charge < -0.3 is 15.5 Å². The Hall–Kier alpha value is -2.89. The van der Waals surface area contributed by atoms with E-state index in [0.717, 1.165) is 31.7 Å². The van der Waals surface area contributed by atoms with Gasteiger partial charge in [0.15, 0.2) is 0 Å². The van der Waals surface area contributed by atoms with Crippen LogP contribution in [-0.2, 0) is 4.79 Å². The molecule has 1 aromatic heterocycles. The van der Waals surface area contributed by atoms with Crippen LogP contribution in [0.1, 0.15) is 37.0 Å². The number of nitrogens with zero attached hydrogens (tertiary/aromatic N) is 2. The summed E-state index contributed by atoms with van der Waals surface area (Å²) in [6, 6.07) is 10.7. The van der Waals surface area contributed by atoms with Gasteiger partial charge in [0.2, 0.25) is 5.91 Å². The summed E-state index contributed by atoms with van der Waals surface area (Å²) in [7, 11) is 0. The molecule has 0 aliphatic carbocycles. The lowest BCUT2D eigenvalue weighted by molar-refractivity contribution is -0.118. The van der Waals surface area contributed by atoms with Crippen LogP contribution in [-0.4, -0.2) is 29.9 Å². The van der Waals surface area contributed by atoms with Crippen molar-refractivity contribution < 1.29 is 9.59 Å². The van der Waals surface area contributed by atoms with Crippen LogP contribution in [0.25, 0.3) is 0 Å². The van der Waals surface area contributed by atoms with Crippen molar-refractivity contribution in [2.45, 2.75) is 26.7 Å². The van der Waals surface area contributed by atoms with E-state index in [1.54, 1.807) is 42.6 Å². The maximum atomic E-state index is 12.7. The summed E-state index contributed by atoms with van der Waals surface area (Å²) in [5, 5.41) is 5.74. The molecule has 136 valence electrons. The highest BCUT2D eigenvalue weighted by Crippen LogP contribution is 2.23. The molecule has 0 saturated carbocycles. The van der Waals surface area contributed by atoms with E-state index >= 15 is 0 Å². The Bertz CT molecular complexity index is 781. The molecule has 0 atom stereocenters. The standard InChI is InChI=1S/C20H24N4O2/c1-14(2)19(25)22-15-7-9-16(10-8-15)23-20(26)17-6-5-11-21-18(17)24-12-3-4-13-24/h5-11,14H,3-4,12-13H2,1-2H3,(H,22,25)(H,23,26). The molecular weight excluding hydrogens is 328 g/mol. The highest BCUT2D eigenvalue weighted by Gasteiger charge is 2.20. The summed E-state index contributed by atoms with van der Waals surface area (Å²) in [5.41, 5.74) is 1.96. The average molecular weight is 352 g/mol. The van der Waals surface area contributed by atoms with Crippen LogP contribution in [0.2, 0.25) is 0 Å². The first-order valence-corrected chi connectivity index (χ1v) is 8.97. The van der Waals surface area contributed by atoms with Gasteiger partial charge in [-0.25, -0.2) is 4.98 Å². The predicted octanol–water partition coefficient (Wildman–Crippen LogP) is 3.53. The zero-order chi connectivity index (χ0) is 18.5. The lowest BCUT2D eigenvalue weighted by Gasteiger charge is -2.19. The van der Waals surface area contributed by atoms with Gasteiger partial charge in [-0.05, 0) is 49.2 Å². The molecule has 0 unspecified atom stereocenters. The van der Waals surface area contributed by atoms with Crippen molar-refractivity contribution in [3.8, 4) is 0 Å². The van der Waals surface area contributed by atoms with Crippen molar-refractivity contribution in [2.24, 2.45) is 5.92 Å². The van der Waals surface area contributed by atoms with Gasteiger partial charge in [0.1, 0.15) is 5.82 Å². The zero-order valence-electron chi connectivity index (χ0n) is 15.2. The van der Waals surface area contributed by atoms with Crippen LogP contribution in [0.3, 0.4) is 0 Å². The fraction of sp³-hybridized carbons (Fsp3) is 0.350. The molecule has 6 heteroatoms. The minimum atomic E-state index is -0.182. The number of carbonyl (C=O) groups is 2. The quantitative estimate of drug-likeness (QED) is 0.863. The third-order valence-electron chi connectivity index (χ3n) is 4.37. The number of aromatic nitrogens is 1. The minimum absolute atomic E-state index is 0.0348. The van der Waals surface area contributed by atoms with Gasteiger partial charge in [0.25, 0.3) is 5.91 Å². The molecule has 26 heavy (non-hydrogen) atoms. The van der Waals surface area contributed by atoms with Gasteiger partial charge in [0, 0.05) is 36.6 Å². The minimum Gasteiger partial charge on any atom is -0.356 e. The van der Waals surface area contributed by atoms with Crippen molar-refractivity contribution in [3.05, 3.63) is 48.2 Å². The molecule has 2 aromatic rings. The van der Waals surface area contributed by atoms with E-state index in [4.69, 9.17) is 0 Å². The fourth-order valence-electron chi connectivity index (χ4n) is 2.88. The first-order valence-electron chi connectivity index (χ1n) is 8.97. The Morgan fingerprint density at radius 3 is 2.23 bits per heavy atom.